The van der Waals surface area contributed by atoms with Crippen LogP contribution in [0.2, 0.25) is 0 Å². The van der Waals surface area contributed by atoms with Crippen LogP contribution in [0.3, 0.4) is 0 Å². The van der Waals surface area contributed by atoms with Gasteiger partial charge in [0, 0.05) is 0 Å². The van der Waals surface area contributed by atoms with Crippen LogP contribution in [0.15, 0.2) is 0 Å². The molecule has 2 nitrogen and oxygen atoms in total. The molecule has 88 valence electrons. The zero-order valence-corrected chi connectivity index (χ0v) is 10.4. The lowest BCUT2D eigenvalue weighted by molar-refractivity contribution is -0.242. The lowest BCUT2D eigenvalue weighted by Crippen LogP contribution is -1.85. The smallest absolute Gasteiger partial charge is 0.0819 e. The summed E-state index contributed by atoms with van der Waals surface area (Å²) in [5.41, 5.74) is 0. The second-order valence-electron chi connectivity index (χ2n) is 4.08. The highest BCUT2D eigenvalue weighted by molar-refractivity contribution is 4.44. The first-order valence-electron chi connectivity index (χ1n) is 5.95. The summed E-state index contributed by atoms with van der Waals surface area (Å²) in [6, 6.07) is 0. The third-order valence-corrected chi connectivity index (χ3v) is 1.97. The molecule has 0 atom stereocenters. The Bertz CT molecular complexity index is 78.4. The Morgan fingerprint density at radius 2 is 1.57 bits per heavy atom. The van der Waals surface area contributed by atoms with Crippen molar-refractivity contribution in [3.8, 4) is 0 Å². The van der Waals surface area contributed by atoms with E-state index in [1.165, 1.54) is 25.7 Å². The third kappa shape index (κ3) is 22.7. The third-order valence-electron chi connectivity index (χ3n) is 1.97. The van der Waals surface area contributed by atoms with Crippen LogP contribution >= 0.6 is 0 Å². The molecular formula is C12H28O2. The van der Waals surface area contributed by atoms with Crippen molar-refractivity contribution in [3.63, 3.8) is 0 Å². The molecule has 0 rings (SSSR count). The predicted octanol–water partition coefficient (Wildman–Crippen LogP) is 4.50. The van der Waals surface area contributed by atoms with Gasteiger partial charge in [0.15, 0.2) is 0 Å². The van der Waals surface area contributed by atoms with Crippen molar-refractivity contribution >= 4 is 0 Å². The molecule has 0 aromatic heterocycles. The Morgan fingerprint density at radius 3 is 1.86 bits per heavy atom. The van der Waals surface area contributed by atoms with Gasteiger partial charge >= 0.3 is 0 Å². The molecule has 1 N–H and O–H groups in total. The molecule has 14 heavy (non-hydrogen) atoms. The van der Waals surface area contributed by atoms with Crippen LogP contribution in [0.4, 0.5) is 0 Å². The zero-order valence-electron chi connectivity index (χ0n) is 10.4. The summed E-state index contributed by atoms with van der Waals surface area (Å²) in [5.74, 6) is 0.904. The average Bonchev–Trinajstić information content (AvgIpc) is 2.16. The van der Waals surface area contributed by atoms with E-state index >= 15 is 0 Å². The zero-order chi connectivity index (χ0) is 11.2. The quantitative estimate of drug-likeness (QED) is 0.376. The summed E-state index contributed by atoms with van der Waals surface area (Å²) in [6.45, 7) is 9.33. The molecule has 0 aliphatic carbocycles. The molecule has 0 bridgehead atoms. The van der Waals surface area contributed by atoms with Gasteiger partial charge in [-0.1, -0.05) is 59.8 Å². The van der Waals surface area contributed by atoms with E-state index in [9.17, 15) is 0 Å². The first-order chi connectivity index (χ1) is 6.68. The summed E-state index contributed by atoms with van der Waals surface area (Å²) in [7, 11) is 0. The van der Waals surface area contributed by atoms with Crippen LogP contribution in [0, 0.1) is 5.92 Å². The number of hydrogen-bond donors (Lipinski definition) is 1. The minimum Gasteiger partial charge on any atom is -0.252 e. The van der Waals surface area contributed by atoms with Crippen molar-refractivity contribution in [2.24, 2.45) is 5.92 Å². The highest BCUT2D eigenvalue weighted by Gasteiger charge is 1.90. The fourth-order valence-electron chi connectivity index (χ4n) is 1.01. The van der Waals surface area contributed by atoms with E-state index in [2.05, 4.69) is 25.7 Å². The predicted molar refractivity (Wildman–Crippen MR) is 62.5 cm³/mol. The SMILES string of the molecule is CCCCCC(C)C.CCCCOO. The summed E-state index contributed by atoms with van der Waals surface area (Å²) in [6.07, 6.45) is 7.62. The molecule has 0 spiro atoms. The summed E-state index contributed by atoms with van der Waals surface area (Å²) in [4.78, 5) is 3.78. The van der Waals surface area contributed by atoms with E-state index in [0.29, 0.717) is 6.61 Å². The highest BCUT2D eigenvalue weighted by atomic mass is 17.1. The van der Waals surface area contributed by atoms with Crippen molar-refractivity contribution in [1.29, 1.82) is 0 Å². The van der Waals surface area contributed by atoms with Crippen LogP contribution in [0.25, 0.3) is 0 Å². The normalized spacial score (nSPS) is 9.86. The second-order valence-corrected chi connectivity index (χ2v) is 4.08. The van der Waals surface area contributed by atoms with Crippen LogP contribution in [0.5, 0.6) is 0 Å². The van der Waals surface area contributed by atoms with Gasteiger partial charge in [0.05, 0.1) is 6.61 Å². The number of unbranched alkanes of at least 4 members (excludes halogenated alkanes) is 3. The van der Waals surface area contributed by atoms with E-state index < -0.39 is 0 Å². The Hall–Kier alpha value is -0.0800. The van der Waals surface area contributed by atoms with Gasteiger partial charge in [0.25, 0.3) is 0 Å². The molecule has 0 fully saturated rings. The van der Waals surface area contributed by atoms with Crippen molar-refractivity contribution in [3.05, 3.63) is 0 Å². The molecule has 0 aromatic rings. The van der Waals surface area contributed by atoms with Crippen molar-refractivity contribution < 1.29 is 10.1 Å². The maximum atomic E-state index is 7.70. The maximum Gasteiger partial charge on any atom is 0.0819 e. The van der Waals surface area contributed by atoms with E-state index in [-0.39, 0.29) is 0 Å². The van der Waals surface area contributed by atoms with Gasteiger partial charge in [-0.15, -0.1) is 0 Å². The number of rotatable bonds is 7. The minimum absolute atomic E-state index is 0.469. The van der Waals surface area contributed by atoms with E-state index in [1.54, 1.807) is 0 Å². The molecule has 0 heterocycles. The Morgan fingerprint density at radius 1 is 1.00 bits per heavy atom. The van der Waals surface area contributed by atoms with Gasteiger partial charge in [-0.25, -0.2) is 4.89 Å². The van der Waals surface area contributed by atoms with Gasteiger partial charge in [0.2, 0.25) is 0 Å². The molecule has 0 radical (unpaired) electrons. The van der Waals surface area contributed by atoms with Crippen LogP contribution in [-0.4, -0.2) is 11.9 Å². The maximum absolute atomic E-state index is 7.70. The van der Waals surface area contributed by atoms with Gasteiger partial charge in [-0.05, 0) is 12.3 Å². The van der Waals surface area contributed by atoms with E-state index in [0.717, 1.165) is 18.8 Å². The Kier molecular flexibility index (Phi) is 18.0. The monoisotopic (exact) mass is 204 g/mol. The molecule has 0 aromatic carbocycles. The number of hydrogen-bond acceptors (Lipinski definition) is 2. The van der Waals surface area contributed by atoms with Gasteiger partial charge in [0.1, 0.15) is 0 Å². The first kappa shape index (κ1) is 16.4. The standard InChI is InChI=1S/C8H18.C4H10O2/c1-4-5-6-7-8(2)3;1-2-3-4-6-5/h8H,4-7H2,1-3H3;5H,2-4H2,1H3. The highest BCUT2D eigenvalue weighted by Crippen LogP contribution is 2.06. The van der Waals surface area contributed by atoms with Gasteiger partial charge < -0.3 is 0 Å². The van der Waals surface area contributed by atoms with Crippen molar-refractivity contribution in [2.45, 2.75) is 66.2 Å². The van der Waals surface area contributed by atoms with Gasteiger partial charge in [-0.2, -0.15) is 0 Å². The molecule has 0 amide bonds. The fraction of sp³-hybridized carbons (Fsp3) is 1.00. The largest absolute Gasteiger partial charge is 0.252 e. The molecule has 0 aliphatic heterocycles. The fourth-order valence-corrected chi connectivity index (χ4v) is 1.01. The second kappa shape index (κ2) is 15.4. The van der Waals surface area contributed by atoms with Crippen LogP contribution in [-0.2, 0) is 4.89 Å². The molecule has 0 saturated carbocycles. The minimum atomic E-state index is 0.469. The lowest BCUT2D eigenvalue weighted by Gasteiger charge is -2.00. The molecule has 2 heteroatoms. The molecular weight excluding hydrogens is 176 g/mol. The van der Waals surface area contributed by atoms with Crippen LogP contribution < -0.4 is 0 Å². The topological polar surface area (TPSA) is 29.5 Å². The summed E-state index contributed by atoms with van der Waals surface area (Å²) >= 11 is 0. The van der Waals surface area contributed by atoms with E-state index in [1.807, 2.05) is 6.92 Å². The Labute approximate surface area is 89.6 Å². The lowest BCUT2D eigenvalue weighted by atomic mass is 10.1. The summed E-state index contributed by atoms with van der Waals surface area (Å²) in [5, 5.41) is 7.70. The average molecular weight is 204 g/mol. The molecule has 0 aliphatic rings. The van der Waals surface area contributed by atoms with Crippen molar-refractivity contribution in [1.82, 2.24) is 0 Å². The molecule has 0 unspecified atom stereocenters. The Balaban J connectivity index is 0. The van der Waals surface area contributed by atoms with Crippen LogP contribution in [0.1, 0.15) is 66.2 Å². The first-order valence-corrected chi connectivity index (χ1v) is 5.95. The summed E-state index contributed by atoms with van der Waals surface area (Å²) < 4.78 is 0. The van der Waals surface area contributed by atoms with Gasteiger partial charge in [-0.3, -0.25) is 5.26 Å². The van der Waals surface area contributed by atoms with E-state index in [4.69, 9.17) is 5.26 Å². The molecule has 0 saturated heterocycles. The van der Waals surface area contributed by atoms with Crippen molar-refractivity contribution in [2.75, 3.05) is 6.61 Å².